The Balaban J connectivity index is 2.26. The summed E-state index contributed by atoms with van der Waals surface area (Å²) in [6.07, 6.45) is 1.50. The van der Waals surface area contributed by atoms with E-state index in [1.165, 1.54) is 6.26 Å². The summed E-state index contributed by atoms with van der Waals surface area (Å²) in [6.45, 7) is 0.784. The molecule has 6 heteroatoms. The molecule has 0 aliphatic heterocycles. The minimum Gasteiger partial charge on any atom is -0.467 e. The summed E-state index contributed by atoms with van der Waals surface area (Å²) in [7, 11) is 0. The van der Waals surface area contributed by atoms with Gasteiger partial charge in [0.25, 0.3) is 0 Å². The molecule has 0 fully saturated rings. The third-order valence-corrected chi connectivity index (χ3v) is 1.64. The van der Waals surface area contributed by atoms with Crippen molar-refractivity contribution in [2.45, 2.75) is 6.54 Å². The van der Waals surface area contributed by atoms with Crippen molar-refractivity contribution in [3.63, 3.8) is 0 Å². The lowest BCUT2D eigenvalue weighted by Crippen LogP contribution is -2.41. The molecule has 0 radical (unpaired) electrons. The van der Waals surface area contributed by atoms with Crippen molar-refractivity contribution in [1.29, 1.82) is 0 Å². The minimum atomic E-state index is -0.695. The predicted molar refractivity (Wildman–Crippen MR) is 52.6 cm³/mol. The average molecular weight is 211 g/mol. The fourth-order valence-corrected chi connectivity index (χ4v) is 0.927. The lowest BCUT2D eigenvalue weighted by atomic mass is 10.4. The molecule has 0 aliphatic rings. The first kappa shape index (κ1) is 11.3. The van der Waals surface area contributed by atoms with Crippen LogP contribution < -0.4 is 16.4 Å². The molecule has 0 atom stereocenters. The number of amides is 2. The standard InChI is InChI=1S/C9H13N3O3/c10-3-4-11-8(13)9(14)12-6-7-2-1-5-15-7/h1-2,5H,3-4,6,10H2,(H,11,13)(H,12,14). The number of hydrogen-bond acceptors (Lipinski definition) is 4. The fourth-order valence-electron chi connectivity index (χ4n) is 0.927. The van der Waals surface area contributed by atoms with Crippen LogP contribution in [-0.2, 0) is 16.1 Å². The van der Waals surface area contributed by atoms with Gasteiger partial charge >= 0.3 is 11.8 Å². The van der Waals surface area contributed by atoms with Crippen molar-refractivity contribution in [1.82, 2.24) is 10.6 Å². The summed E-state index contributed by atoms with van der Waals surface area (Å²) in [5.74, 6) is -0.790. The van der Waals surface area contributed by atoms with Gasteiger partial charge in [0.05, 0.1) is 12.8 Å². The van der Waals surface area contributed by atoms with Gasteiger partial charge in [-0.2, -0.15) is 0 Å². The lowest BCUT2D eigenvalue weighted by molar-refractivity contribution is -0.139. The van der Waals surface area contributed by atoms with Gasteiger partial charge in [-0.1, -0.05) is 0 Å². The lowest BCUT2D eigenvalue weighted by Gasteiger charge is -2.03. The van der Waals surface area contributed by atoms with Crippen LogP contribution in [0.3, 0.4) is 0 Å². The topological polar surface area (TPSA) is 97.4 Å². The molecule has 0 saturated heterocycles. The maximum absolute atomic E-state index is 11.1. The normalized spacial score (nSPS) is 9.67. The van der Waals surface area contributed by atoms with Gasteiger partial charge in [-0.15, -0.1) is 0 Å². The van der Waals surface area contributed by atoms with Crippen LogP contribution in [-0.4, -0.2) is 24.9 Å². The Morgan fingerprint density at radius 2 is 2.07 bits per heavy atom. The highest BCUT2D eigenvalue weighted by Gasteiger charge is 2.11. The van der Waals surface area contributed by atoms with Gasteiger partial charge in [0.1, 0.15) is 5.76 Å². The second-order valence-electron chi connectivity index (χ2n) is 2.81. The van der Waals surface area contributed by atoms with Gasteiger partial charge in [0, 0.05) is 13.1 Å². The zero-order valence-corrected chi connectivity index (χ0v) is 8.16. The van der Waals surface area contributed by atoms with Crippen molar-refractivity contribution < 1.29 is 14.0 Å². The van der Waals surface area contributed by atoms with E-state index in [9.17, 15) is 9.59 Å². The van der Waals surface area contributed by atoms with Crippen LogP contribution >= 0.6 is 0 Å². The maximum Gasteiger partial charge on any atom is 0.309 e. The second kappa shape index (κ2) is 5.82. The molecule has 82 valence electrons. The Morgan fingerprint density at radius 1 is 1.33 bits per heavy atom. The number of carbonyl (C=O) groups excluding carboxylic acids is 2. The highest BCUT2D eigenvalue weighted by Crippen LogP contribution is 1.97. The molecule has 0 aromatic carbocycles. The van der Waals surface area contributed by atoms with E-state index in [1.54, 1.807) is 12.1 Å². The van der Waals surface area contributed by atoms with E-state index in [0.717, 1.165) is 0 Å². The first-order chi connectivity index (χ1) is 7.24. The first-order valence-corrected chi connectivity index (χ1v) is 4.52. The van der Waals surface area contributed by atoms with Gasteiger partial charge in [-0.25, -0.2) is 0 Å². The molecule has 4 N–H and O–H groups in total. The van der Waals surface area contributed by atoms with Crippen LogP contribution in [0.15, 0.2) is 22.8 Å². The maximum atomic E-state index is 11.1. The SMILES string of the molecule is NCCNC(=O)C(=O)NCc1ccco1. The van der Waals surface area contributed by atoms with Crippen molar-refractivity contribution in [2.24, 2.45) is 5.73 Å². The van der Waals surface area contributed by atoms with E-state index in [4.69, 9.17) is 10.2 Å². The van der Waals surface area contributed by atoms with Crippen molar-refractivity contribution in [3.05, 3.63) is 24.2 Å². The molecule has 6 nitrogen and oxygen atoms in total. The van der Waals surface area contributed by atoms with E-state index in [0.29, 0.717) is 12.3 Å². The Bertz CT molecular complexity index is 321. The minimum absolute atomic E-state index is 0.196. The fraction of sp³-hybridized carbons (Fsp3) is 0.333. The molecule has 1 aromatic heterocycles. The molecule has 0 saturated carbocycles. The summed E-state index contributed by atoms with van der Waals surface area (Å²) in [5.41, 5.74) is 5.17. The molecule has 15 heavy (non-hydrogen) atoms. The zero-order valence-electron chi connectivity index (χ0n) is 8.16. The quantitative estimate of drug-likeness (QED) is 0.555. The Hall–Kier alpha value is -1.82. The number of nitrogens with one attached hydrogen (secondary N) is 2. The monoisotopic (exact) mass is 211 g/mol. The van der Waals surface area contributed by atoms with E-state index < -0.39 is 11.8 Å². The summed E-state index contributed by atoms with van der Waals surface area (Å²) >= 11 is 0. The number of rotatable bonds is 4. The van der Waals surface area contributed by atoms with E-state index in [2.05, 4.69) is 10.6 Å². The van der Waals surface area contributed by atoms with Crippen LogP contribution in [0.4, 0.5) is 0 Å². The summed E-state index contributed by atoms with van der Waals surface area (Å²) in [5, 5.41) is 4.76. The Kier molecular flexibility index (Phi) is 4.36. The van der Waals surface area contributed by atoms with Crippen molar-refractivity contribution in [3.8, 4) is 0 Å². The molecule has 1 heterocycles. The molecule has 0 aliphatic carbocycles. The summed E-state index contributed by atoms with van der Waals surface area (Å²) < 4.78 is 4.98. The number of furan rings is 1. The Labute approximate surface area is 86.8 Å². The van der Waals surface area contributed by atoms with Gasteiger partial charge in [0.15, 0.2) is 0 Å². The molecule has 0 unspecified atom stereocenters. The highest BCUT2D eigenvalue weighted by molar-refractivity contribution is 6.35. The van der Waals surface area contributed by atoms with Crippen LogP contribution in [0, 0.1) is 0 Å². The summed E-state index contributed by atoms with van der Waals surface area (Å²) in [6, 6.07) is 3.41. The average Bonchev–Trinajstić information content (AvgIpc) is 2.75. The molecule has 0 spiro atoms. The molecule has 1 aromatic rings. The van der Waals surface area contributed by atoms with E-state index >= 15 is 0 Å². The van der Waals surface area contributed by atoms with Crippen LogP contribution in [0.2, 0.25) is 0 Å². The number of hydrogen-bond donors (Lipinski definition) is 3. The Morgan fingerprint density at radius 3 is 2.67 bits per heavy atom. The molecule has 2 amide bonds. The predicted octanol–water partition coefficient (Wildman–Crippen LogP) is -1.03. The van der Waals surface area contributed by atoms with Gasteiger partial charge in [-0.3, -0.25) is 9.59 Å². The third kappa shape index (κ3) is 3.82. The first-order valence-electron chi connectivity index (χ1n) is 4.52. The van der Waals surface area contributed by atoms with Gasteiger partial charge in [0.2, 0.25) is 0 Å². The molecule has 0 bridgehead atoms. The molecule has 1 rings (SSSR count). The van der Waals surface area contributed by atoms with Gasteiger partial charge < -0.3 is 20.8 Å². The van der Waals surface area contributed by atoms with E-state index in [-0.39, 0.29) is 13.1 Å². The summed E-state index contributed by atoms with van der Waals surface area (Å²) in [4.78, 5) is 22.2. The van der Waals surface area contributed by atoms with Gasteiger partial charge in [-0.05, 0) is 12.1 Å². The van der Waals surface area contributed by atoms with E-state index in [1.807, 2.05) is 0 Å². The largest absolute Gasteiger partial charge is 0.467 e. The second-order valence-corrected chi connectivity index (χ2v) is 2.81. The molecular formula is C9H13N3O3. The van der Waals surface area contributed by atoms with Crippen LogP contribution in [0.1, 0.15) is 5.76 Å². The molecular weight excluding hydrogens is 198 g/mol. The number of nitrogens with two attached hydrogens (primary N) is 1. The van der Waals surface area contributed by atoms with Crippen LogP contribution in [0.5, 0.6) is 0 Å². The van der Waals surface area contributed by atoms with Crippen molar-refractivity contribution in [2.75, 3.05) is 13.1 Å². The number of carbonyl (C=O) groups is 2. The third-order valence-electron chi connectivity index (χ3n) is 1.64. The van der Waals surface area contributed by atoms with Crippen molar-refractivity contribution >= 4 is 11.8 Å². The highest BCUT2D eigenvalue weighted by atomic mass is 16.3. The van der Waals surface area contributed by atoms with Crippen LogP contribution in [0.25, 0.3) is 0 Å². The zero-order chi connectivity index (χ0) is 11.1. The smallest absolute Gasteiger partial charge is 0.309 e.